The lowest BCUT2D eigenvalue weighted by atomic mass is 10.0. The van der Waals surface area contributed by atoms with Gasteiger partial charge in [-0.05, 0) is 24.3 Å². The maximum Gasteiger partial charge on any atom is 0.255 e. The van der Waals surface area contributed by atoms with Crippen molar-refractivity contribution >= 4 is 29.0 Å². The first-order valence-corrected chi connectivity index (χ1v) is 8.84. The number of carbonyl (C=O) groups excluding carboxylic acids is 2. The molecule has 0 heterocycles. The second kappa shape index (κ2) is 8.59. The predicted octanol–water partition coefficient (Wildman–Crippen LogP) is 4.84. The number of ether oxygens (including phenoxy) is 2. The molecule has 0 radical (unpaired) electrons. The van der Waals surface area contributed by atoms with Gasteiger partial charge in [-0.25, -0.2) is 0 Å². The van der Waals surface area contributed by atoms with Crippen molar-refractivity contribution in [2.24, 2.45) is 0 Å². The van der Waals surface area contributed by atoms with E-state index in [1.807, 2.05) is 6.07 Å². The maximum absolute atomic E-state index is 12.6. The number of anilines is 1. The molecule has 3 aromatic carbocycles. The Kier molecular flexibility index (Phi) is 5.96. The van der Waals surface area contributed by atoms with Crippen LogP contribution in [0.1, 0.15) is 26.3 Å². The Morgan fingerprint density at radius 2 is 1.54 bits per heavy atom. The zero-order valence-electron chi connectivity index (χ0n) is 15.4. The molecule has 3 aromatic rings. The third kappa shape index (κ3) is 4.15. The molecule has 0 aliphatic carbocycles. The lowest BCUT2D eigenvalue weighted by Crippen LogP contribution is -2.13. The fourth-order valence-corrected chi connectivity index (χ4v) is 3.03. The molecule has 28 heavy (non-hydrogen) atoms. The van der Waals surface area contributed by atoms with E-state index in [0.717, 1.165) is 0 Å². The number of amides is 1. The smallest absolute Gasteiger partial charge is 0.255 e. The third-order valence-electron chi connectivity index (χ3n) is 4.11. The molecule has 1 N–H and O–H groups in total. The highest BCUT2D eigenvalue weighted by atomic mass is 35.5. The van der Waals surface area contributed by atoms with Gasteiger partial charge in [-0.1, -0.05) is 54.1 Å². The fourth-order valence-electron chi connectivity index (χ4n) is 2.75. The van der Waals surface area contributed by atoms with Crippen LogP contribution in [0.15, 0.2) is 66.7 Å². The van der Waals surface area contributed by atoms with Crippen molar-refractivity contribution in [3.63, 3.8) is 0 Å². The van der Waals surface area contributed by atoms with E-state index in [0.29, 0.717) is 33.9 Å². The minimum Gasteiger partial charge on any atom is -0.493 e. The number of ketones is 1. The maximum atomic E-state index is 12.6. The Morgan fingerprint density at radius 3 is 2.21 bits per heavy atom. The monoisotopic (exact) mass is 395 g/mol. The second-order valence-corrected chi connectivity index (χ2v) is 6.33. The van der Waals surface area contributed by atoms with Gasteiger partial charge >= 0.3 is 0 Å². The topological polar surface area (TPSA) is 64.6 Å². The molecule has 0 spiro atoms. The first-order chi connectivity index (χ1) is 13.5. The van der Waals surface area contributed by atoms with Gasteiger partial charge in [0, 0.05) is 22.4 Å². The van der Waals surface area contributed by atoms with Gasteiger partial charge in [0.25, 0.3) is 5.91 Å². The average molecular weight is 396 g/mol. The summed E-state index contributed by atoms with van der Waals surface area (Å²) in [4.78, 5) is 25.2. The van der Waals surface area contributed by atoms with Gasteiger partial charge in [0.2, 0.25) is 0 Å². The van der Waals surface area contributed by atoms with Crippen LogP contribution in [0.5, 0.6) is 11.5 Å². The lowest BCUT2D eigenvalue weighted by Gasteiger charge is -2.12. The van der Waals surface area contributed by atoms with Gasteiger partial charge in [-0.15, -0.1) is 0 Å². The van der Waals surface area contributed by atoms with E-state index in [-0.39, 0.29) is 16.7 Å². The first-order valence-electron chi connectivity index (χ1n) is 8.46. The average Bonchev–Trinajstić information content (AvgIpc) is 2.73. The Bertz CT molecular complexity index is 1020. The van der Waals surface area contributed by atoms with Crippen LogP contribution in [0, 0.1) is 0 Å². The fraction of sp³-hybridized carbons (Fsp3) is 0.0909. The summed E-state index contributed by atoms with van der Waals surface area (Å²) >= 11 is 6.17. The van der Waals surface area contributed by atoms with E-state index in [1.165, 1.54) is 20.3 Å². The van der Waals surface area contributed by atoms with Crippen molar-refractivity contribution in [1.29, 1.82) is 0 Å². The van der Waals surface area contributed by atoms with Crippen LogP contribution in [-0.2, 0) is 0 Å². The molecular weight excluding hydrogens is 378 g/mol. The van der Waals surface area contributed by atoms with E-state index in [9.17, 15) is 9.59 Å². The Balaban J connectivity index is 1.84. The van der Waals surface area contributed by atoms with E-state index in [2.05, 4.69) is 5.32 Å². The molecule has 142 valence electrons. The number of halogens is 1. The molecule has 1 amide bonds. The minimum atomic E-state index is -0.382. The Hall–Kier alpha value is -3.31. The molecule has 0 unspecified atom stereocenters. The molecular formula is C22H18ClNO4. The predicted molar refractivity (Wildman–Crippen MR) is 109 cm³/mol. The summed E-state index contributed by atoms with van der Waals surface area (Å²) in [6.45, 7) is 0. The van der Waals surface area contributed by atoms with Crippen molar-refractivity contribution in [3.05, 3.63) is 88.4 Å². The molecule has 0 bridgehead atoms. The van der Waals surface area contributed by atoms with Crippen LogP contribution in [0.4, 0.5) is 5.69 Å². The molecule has 3 rings (SSSR count). The molecule has 0 aliphatic heterocycles. The van der Waals surface area contributed by atoms with E-state index in [1.54, 1.807) is 54.6 Å². The highest BCUT2D eigenvalue weighted by Gasteiger charge is 2.16. The zero-order chi connectivity index (χ0) is 20.1. The minimum absolute atomic E-state index is 0.120. The van der Waals surface area contributed by atoms with Gasteiger partial charge in [0.15, 0.2) is 17.3 Å². The number of benzene rings is 3. The van der Waals surface area contributed by atoms with Crippen molar-refractivity contribution in [1.82, 2.24) is 0 Å². The molecule has 6 heteroatoms. The van der Waals surface area contributed by atoms with Crippen molar-refractivity contribution in [2.45, 2.75) is 0 Å². The van der Waals surface area contributed by atoms with Crippen molar-refractivity contribution in [3.8, 4) is 11.5 Å². The number of methoxy groups -OCH3 is 2. The van der Waals surface area contributed by atoms with Crippen LogP contribution in [0.3, 0.4) is 0 Å². The van der Waals surface area contributed by atoms with Gasteiger partial charge in [0.1, 0.15) is 0 Å². The third-order valence-corrected chi connectivity index (χ3v) is 4.40. The molecule has 5 nitrogen and oxygen atoms in total. The summed E-state index contributed by atoms with van der Waals surface area (Å²) in [5, 5.41) is 3.04. The van der Waals surface area contributed by atoms with E-state index >= 15 is 0 Å². The van der Waals surface area contributed by atoms with Crippen LogP contribution < -0.4 is 14.8 Å². The first kappa shape index (κ1) is 19.5. The van der Waals surface area contributed by atoms with Gasteiger partial charge in [0.05, 0.1) is 19.2 Å². The summed E-state index contributed by atoms with van der Waals surface area (Å²) in [5.41, 5.74) is 1.87. The molecule has 0 aromatic heterocycles. The summed E-state index contributed by atoms with van der Waals surface area (Å²) in [6.07, 6.45) is 0. The normalized spacial score (nSPS) is 10.2. The molecule has 0 saturated carbocycles. The van der Waals surface area contributed by atoms with Crippen LogP contribution in [-0.4, -0.2) is 25.9 Å². The van der Waals surface area contributed by atoms with Gasteiger partial charge < -0.3 is 14.8 Å². The van der Waals surface area contributed by atoms with E-state index in [4.69, 9.17) is 21.1 Å². The summed E-state index contributed by atoms with van der Waals surface area (Å²) in [7, 11) is 2.94. The number of hydrogen-bond acceptors (Lipinski definition) is 4. The number of hydrogen-bond donors (Lipinski definition) is 1. The molecule has 0 fully saturated rings. The van der Waals surface area contributed by atoms with E-state index < -0.39 is 0 Å². The summed E-state index contributed by atoms with van der Waals surface area (Å²) in [6, 6.07) is 18.8. The van der Waals surface area contributed by atoms with Gasteiger partial charge in [-0.2, -0.15) is 0 Å². The Morgan fingerprint density at radius 1 is 0.821 bits per heavy atom. The molecule has 0 atom stereocenters. The highest BCUT2D eigenvalue weighted by Crippen LogP contribution is 2.36. The summed E-state index contributed by atoms with van der Waals surface area (Å²) < 4.78 is 10.4. The van der Waals surface area contributed by atoms with Crippen molar-refractivity contribution in [2.75, 3.05) is 19.5 Å². The van der Waals surface area contributed by atoms with Crippen LogP contribution in [0.25, 0.3) is 0 Å². The largest absolute Gasteiger partial charge is 0.493 e. The van der Waals surface area contributed by atoms with Crippen LogP contribution >= 0.6 is 11.6 Å². The molecule has 0 saturated heterocycles. The van der Waals surface area contributed by atoms with Crippen molar-refractivity contribution < 1.29 is 19.1 Å². The standard InChI is InChI=1S/C22H18ClNO4/c1-27-19-13-16(12-18(23)21(19)28-2)22(26)24-17-10-6-9-15(11-17)20(25)14-7-4-3-5-8-14/h3-13H,1-2H3,(H,24,26). The quantitative estimate of drug-likeness (QED) is 0.606. The lowest BCUT2D eigenvalue weighted by molar-refractivity contribution is 0.102. The van der Waals surface area contributed by atoms with Gasteiger partial charge in [-0.3, -0.25) is 9.59 Å². The molecule has 0 aliphatic rings. The SMILES string of the molecule is COc1cc(C(=O)Nc2cccc(C(=O)c3ccccc3)c2)cc(Cl)c1OC. The summed E-state index contributed by atoms with van der Waals surface area (Å²) in [5.74, 6) is 0.211. The Labute approximate surface area is 167 Å². The highest BCUT2D eigenvalue weighted by molar-refractivity contribution is 6.32. The second-order valence-electron chi connectivity index (χ2n) is 5.92. The number of rotatable bonds is 6. The number of carbonyl (C=O) groups is 2. The van der Waals surface area contributed by atoms with Crippen LogP contribution in [0.2, 0.25) is 5.02 Å². The zero-order valence-corrected chi connectivity index (χ0v) is 16.1. The number of nitrogens with one attached hydrogen (secondary N) is 1.